The maximum Gasteiger partial charge on any atom is 0.327 e. The number of rotatable bonds is 12. The number of ether oxygens (including phenoxy) is 1. The second kappa shape index (κ2) is 11.7. The predicted octanol–water partition coefficient (Wildman–Crippen LogP) is 5.59. The Morgan fingerprint density at radius 1 is 0.857 bits per heavy atom. The van der Waals surface area contributed by atoms with Crippen LogP contribution < -0.4 is 10.2 Å². The first kappa shape index (κ1) is 23.9. The van der Waals surface area contributed by atoms with Crippen molar-refractivity contribution in [2.24, 2.45) is 0 Å². The van der Waals surface area contributed by atoms with Crippen molar-refractivity contribution in [3.8, 4) is 16.9 Å². The van der Waals surface area contributed by atoms with E-state index in [4.69, 9.17) is 9.57 Å². The zero-order valence-electron chi connectivity index (χ0n) is 19.3. The molecule has 6 heteroatoms. The molecule has 0 fully saturated rings. The molecular formula is C29H28N2O4. The van der Waals surface area contributed by atoms with Gasteiger partial charge in [0.2, 0.25) is 0 Å². The van der Waals surface area contributed by atoms with Gasteiger partial charge >= 0.3 is 5.97 Å². The summed E-state index contributed by atoms with van der Waals surface area (Å²) in [5.41, 5.74) is 7.72. The predicted molar refractivity (Wildman–Crippen MR) is 137 cm³/mol. The number of benzene rings is 3. The lowest BCUT2D eigenvalue weighted by molar-refractivity contribution is -0.140. The fourth-order valence-corrected chi connectivity index (χ4v) is 3.71. The van der Waals surface area contributed by atoms with Crippen molar-refractivity contribution in [2.75, 3.05) is 13.2 Å². The van der Waals surface area contributed by atoms with Crippen molar-refractivity contribution in [3.05, 3.63) is 121 Å². The number of nitrogens with zero attached hydrogens (tertiary/aromatic N) is 1. The average Bonchev–Trinajstić information content (AvgIpc) is 3.43. The quantitative estimate of drug-likeness (QED) is 0.209. The fraction of sp³-hybridized carbons (Fsp3) is 0.138. The first-order chi connectivity index (χ1) is 17.1. The van der Waals surface area contributed by atoms with Crippen LogP contribution in [0.3, 0.4) is 0 Å². The van der Waals surface area contributed by atoms with Gasteiger partial charge in [0.25, 0.3) is 0 Å². The number of aliphatic carboxylic acids is 1. The molecule has 0 aliphatic carbocycles. The van der Waals surface area contributed by atoms with Crippen LogP contribution in [0.15, 0.2) is 110 Å². The van der Waals surface area contributed by atoms with E-state index in [9.17, 15) is 9.90 Å². The third-order valence-corrected chi connectivity index (χ3v) is 5.61. The van der Waals surface area contributed by atoms with Crippen molar-refractivity contribution in [1.82, 2.24) is 10.0 Å². The van der Waals surface area contributed by atoms with Crippen LogP contribution in [0, 0.1) is 0 Å². The van der Waals surface area contributed by atoms with Crippen LogP contribution >= 0.6 is 0 Å². The number of nitrogens with one attached hydrogen (secondary N) is 1. The molecule has 4 rings (SSSR count). The summed E-state index contributed by atoms with van der Waals surface area (Å²) in [5, 5.41) is 9.53. The Bertz CT molecular complexity index is 1220. The van der Waals surface area contributed by atoms with E-state index in [-0.39, 0.29) is 0 Å². The molecule has 0 amide bonds. The van der Waals surface area contributed by atoms with Crippen molar-refractivity contribution in [2.45, 2.75) is 12.5 Å². The smallest absolute Gasteiger partial charge is 0.327 e. The Balaban J connectivity index is 1.18. The van der Waals surface area contributed by atoms with Crippen molar-refractivity contribution in [3.63, 3.8) is 0 Å². The second-order valence-electron chi connectivity index (χ2n) is 8.05. The number of hydroxylamine groups is 1. The van der Waals surface area contributed by atoms with Crippen LogP contribution in [-0.4, -0.2) is 28.9 Å². The van der Waals surface area contributed by atoms with E-state index >= 15 is 0 Å². The number of carbonyl (C=O) groups is 1. The molecule has 1 heterocycles. The lowest BCUT2D eigenvalue weighted by Gasteiger charge is -2.15. The first-order valence-electron chi connectivity index (χ1n) is 11.4. The molecule has 0 saturated heterocycles. The van der Waals surface area contributed by atoms with Gasteiger partial charge in [0, 0.05) is 18.8 Å². The monoisotopic (exact) mass is 468 g/mol. The van der Waals surface area contributed by atoms with Crippen molar-refractivity contribution < 1.29 is 19.5 Å². The van der Waals surface area contributed by atoms with E-state index < -0.39 is 12.0 Å². The number of hydrogen-bond donors (Lipinski definition) is 2. The molecule has 3 aromatic carbocycles. The maximum atomic E-state index is 11.6. The average molecular weight is 469 g/mol. The third kappa shape index (κ3) is 6.62. The van der Waals surface area contributed by atoms with E-state index in [1.54, 1.807) is 17.0 Å². The zero-order valence-corrected chi connectivity index (χ0v) is 19.3. The van der Waals surface area contributed by atoms with Gasteiger partial charge in [-0.1, -0.05) is 73.3 Å². The molecule has 0 spiro atoms. The van der Waals surface area contributed by atoms with Crippen LogP contribution in [0.1, 0.15) is 17.2 Å². The summed E-state index contributed by atoms with van der Waals surface area (Å²) in [5.74, 6) is -0.166. The Morgan fingerprint density at radius 3 is 2.17 bits per heavy atom. The highest BCUT2D eigenvalue weighted by molar-refractivity contribution is 5.72. The summed E-state index contributed by atoms with van der Waals surface area (Å²) in [6.45, 7) is 4.71. The van der Waals surface area contributed by atoms with E-state index in [1.807, 2.05) is 66.7 Å². The van der Waals surface area contributed by atoms with Crippen LogP contribution in [0.2, 0.25) is 0 Å². The topological polar surface area (TPSA) is 72.7 Å². The molecule has 178 valence electrons. The molecule has 0 bridgehead atoms. The van der Waals surface area contributed by atoms with Gasteiger partial charge in [-0.2, -0.15) is 0 Å². The standard InChI is InChI=1S/C29H28N2O4/c1-22(24-11-13-26(14-12-24)25-7-3-2-4-8-25)30-35-20-19-34-27-15-9-23(10-16-27)21-28(29(32)33)31-17-5-6-18-31/h2-18,28,30H,1,19-21H2,(H,32,33). The molecular weight excluding hydrogens is 440 g/mol. The first-order valence-corrected chi connectivity index (χ1v) is 11.4. The van der Waals surface area contributed by atoms with Gasteiger partial charge in [0.1, 0.15) is 25.0 Å². The van der Waals surface area contributed by atoms with E-state index in [2.05, 4.69) is 36.3 Å². The summed E-state index contributed by atoms with van der Waals surface area (Å²) < 4.78 is 7.42. The number of carboxylic acids is 1. The molecule has 0 radical (unpaired) electrons. The second-order valence-corrected chi connectivity index (χ2v) is 8.05. The summed E-state index contributed by atoms with van der Waals surface area (Å²) in [4.78, 5) is 17.1. The number of hydrogen-bond acceptors (Lipinski definition) is 4. The van der Waals surface area contributed by atoms with E-state index in [1.165, 1.54) is 5.56 Å². The summed E-state index contributed by atoms with van der Waals surface area (Å²) in [6, 6.07) is 28.8. The molecule has 0 aliphatic rings. The molecule has 1 atom stereocenters. The Morgan fingerprint density at radius 2 is 1.51 bits per heavy atom. The van der Waals surface area contributed by atoms with Crippen LogP contribution in [0.4, 0.5) is 0 Å². The maximum absolute atomic E-state index is 11.6. The van der Waals surface area contributed by atoms with Gasteiger partial charge in [-0.3, -0.25) is 10.3 Å². The lowest BCUT2D eigenvalue weighted by atomic mass is 10.0. The molecule has 6 nitrogen and oxygen atoms in total. The highest BCUT2D eigenvalue weighted by Crippen LogP contribution is 2.21. The molecule has 0 saturated carbocycles. The highest BCUT2D eigenvalue weighted by Gasteiger charge is 2.19. The zero-order chi connectivity index (χ0) is 24.5. The van der Waals surface area contributed by atoms with E-state index in [0.29, 0.717) is 31.1 Å². The van der Waals surface area contributed by atoms with Crippen molar-refractivity contribution in [1.29, 1.82) is 0 Å². The Kier molecular flexibility index (Phi) is 7.99. The van der Waals surface area contributed by atoms with Gasteiger partial charge in [-0.15, -0.1) is 0 Å². The molecule has 0 aliphatic heterocycles. The van der Waals surface area contributed by atoms with Crippen LogP contribution in [0.25, 0.3) is 16.8 Å². The van der Waals surface area contributed by atoms with Gasteiger partial charge in [-0.25, -0.2) is 4.79 Å². The number of aromatic nitrogens is 1. The van der Waals surface area contributed by atoms with Gasteiger partial charge in [-0.05, 0) is 46.5 Å². The molecule has 4 aromatic rings. The molecule has 1 aromatic heterocycles. The molecule has 35 heavy (non-hydrogen) atoms. The Labute approximate surface area is 205 Å². The molecule has 1 unspecified atom stereocenters. The Hall–Kier alpha value is -4.29. The van der Waals surface area contributed by atoms with Crippen molar-refractivity contribution >= 4 is 11.7 Å². The van der Waals surface area contributed by atoms with Gasteiger partial charge in [0.15, 0.2) is 0 Å². The fourth-order valence-electron chi connectivity index (χ4n) is 3.71. The van der Waals surface area contributed by atoms with Crippen LogP contribution in [-0.2, 0) is 16.1 Å². The normalized spacial score (nSPS) is 11.5. The SMILES string of the molecule is C=C(NOCCOc1ccc(CC(C(=O)O)n2cccc2)cc1)c1ccc(-c2ccccc2)cc1. The van der Waals surface area contributed by atoms with Gasteiger partial charge < -0.3 is 14.4 Å². The minimum atomic E-state index is -0.861. The lowest BCUT2D eigenvalue weighted by Crippen LogP contribution is -2.20. The molecule has 2 N–H and O–H groups in total. The summed E-state index contributed by atoms with van der Waals surface area (Å²) in [7, 11) is 0. The summed E-state index contributed by atoms with van der Waals surface area (Å²) >= 11 is 0. The van der Waals surface area contributed by atoms with E-state index in [0.717, 1.165) is 16.7 Å². The minimum absolute atomic E-state index is 0.331. The third-order valence-electron chi connectivity index (χ3n) is 5.61. The van der Waals surface area contributed by atoms with Gasteiger partial charge in [0.05, 0.1) is 5.70 Å². The largest absolute Gasteiger partial charge is 0.491 e. The van der Waals surface area contributed by atoms with Crippen LogP contribution in [0.5, 0.6) is 5.75 Å². The number of carboxylic acid groups (broad SMARTS) is 1. The highest BCUT2D eigenvalue weighted by atomic mass is 16.7. The summed E-state index contributed by atoms with van der Waals surface area (Å²) in [6.07, 6.45) is 3.92. The minimum Gasteiger partial charge on any atom is -0.491 e.